The molecule has 2 N–H and O–H groups in total. The van der Waals surface area contributed by atoms with Crippen LogP contribution in [0.25, 0.3) is 0 Å². The summed E-state index contributed by atoms with van der Waals surface area (Å²) < 4.78 is 0. The van der Waals surface area contributed by atoms with Crippen LogP contribution in [0.4, 0.5) is 5.69 Å². The minimum Gasteiger partial charge on any atom is -0.506 e. The minimum atomic E-state index is -0.0162. The van der Waals surface area contributed by atoms with Crippen LogP contribution in [0.5, 0.6) is 5.75 Å². The van der Waals surface area contributed by atoms with Crippen LogP contribution >= 0.6 is 0 Å². The fourth-order valence-electron chi connectivity index (χ4n) is 2.81. The summed E-state index contributed by atoms with van der Waals surface area (Å²) >= 11 is 0. The summed E-state index contributed by atoms with van der Waals surface area (Å²) in [5, 5.41) is 18.2. The summed E-state index contributed by atoms with van der Waals surface area (Å²) in [5.74, 6) is 0.513. The van der Waals surface area contributed by atoms with E-state index >= 15 is 0 Å². The number of para-hydroxylation sites is 1. The molecule has 0 aliphatic rings. The van der Waals surface area contributed by atoms with Crippen molar-refractivity contribution < 1.29 is 9.90 Å². The Hall–Kier alpha value is -2.82. The lowest BCUT2D eigenvalue weighted by atomic mass is 10.1. The standard InChI is InChI=1S/C20H25N3O2/c1-15-9-7-12-18(24)19(15)23(16(2)21)14-8-13-22(3)20(25)17-10-5-4-6-11-17/h4-7,9-12,21,24H,8,13-14H2,1-3H3. The number of amidine groups is 1. The van der Waals surface area contributed by atoms with Gasteiger partial charge in [0.2, 0.25) is 0 Å². The van der Waals surface area contributed by atoms with E-state index in [1.54, 1.807) is 48.0 Å². The molecular formula is C20H25N3O2. The van der Waals surface area contributed by atoms with Gasteiger partial charge in [0.1, 0.15) is 5.75 Å². The lowest BCUT2D eigenvalue weighted by Gasteiger charge is -2.27. The molecule has 0 radical (unpaired) electrons. The topological polar surface area (TPSA) is 67.6 Å². The number of aromatic hydroxyl groups is 1. The molecule has 132 valence electrons. The summed E-state index contributed by atoms with van der Waals surface area (Å²) in [6, 6.07) is 14.5. The molecule has 0 spiro atoms. The van der Waals surface area contributed by atoms with Crippen molar-refractivity contribution in [3.8, 4) is 5.75 Å². The third-order valence-corrected chi connectivity index (χ3v) is 4.13. The number of phenolic OH excluding ortho intramolecular Hbond substituents is 1. The van der Waals surface area contributed by atoms with E-state index in [4.69, 9.17) is 5.41 Å². The number of hydrogen-bond acceptors (Lipinski definition) is 3. The molecule has 0 bridgehead atoms. The van der Waals surface area contributed by atoms with Gasteiger partial charge in [-0.3, -0.25) is 10.2 Å². The SMILES string of the molecule is CC(=N)N(CCCN(C)C(=O)c1ccccc1)c1c(C)cccc1O. The van der Waals surface area contributed by atoms with Gasteiger partial charge in [0.05, 0.1) is 11.5 Å². The normalized spacial score (nSPS) is 10.4. The average molecular weight is 339 g/mol. The van der Waals surface area contributed by atoms with Gasteiger partial charge in [-0.2, -0.15) is 0 Å². The molecule has 2 aromatic carbocycles. The van der Waals surface area contributed by atoms with Gasteiger partial charge in [0.15, 0.2) is 0 Å². The molecule has 0 atom stereocenters. The Labute approximate surface area is 149 Å². The van der Waals surface area contributed by atoms with Crippen LogP contribution in [-0.4, -0.2) is 41.9 Å². The predicted octanol–water partition coefficient (Wildman–Crippen LogP) is 3.67. The van der Waals surface area contributed by atoms with Gasteiger partial charge in [-0.15, -0.1) is 0 Å². The Morgan fingerprint density at radius 3 is 2.36 bits per heavy atom. The number of amides is 1. The molecule has 5 nitrogen and oxygen atoms in total. The van der Waals surface area contributed by atoms with Crippen molar-refractivity contribution >= 4 is 17.4 Å². The van der Waals surface area contributed by atoms with E-state index in [2.05, 4.69) is 0 Å². The lowest BCUT2D eigenvalue weighted by Crippen LogP contribution is -2.34. The van der Waals surface area contributed by atoms with Crippen LogP contribution in [0.2, 0.25) is 0 Å². The largest absolute Gasteiger partial charge is 0.506 e. The number of carbonyl (C=O) groups excluding carboxylic acids is 1. The summed E-state index contributed by atoms with van der Waals surface area (Å²) in [6.45, 7) is 4.74. The quantitative estimate of drug-likeness (QED) is 0.623. The first-order valence-corrected chi connectivity index (χ1v) is 8.33. The first-order valence-electron chi connectivity index (χ1n) is 8.33. The van der Waals surface area contributed by atoms with Crippen LogP contribution in [0.1, 0.15) is 29.3 Å². The number of carbonyl (C=O) groups is 1. The van der Waals surface area contributed by atoms with E-state index in [1.165, 1.54) is 0 Å². The number of rotatable bonds is 6. The van der Waals surface area contributed by atoms with Crippen LogP contribution in [0.15, 0.2) is 48.5 Å². The molecule has 0 saturated heterocycles. The smallest absolute Gasteiger partial charge is 0.253 e. The van der Waals surface area contributed by atoms with Crippen molar-refractivity contribution in [2.24, 2.45) is 0 Å². The highest BCUT2D eigenvalue weighted by Crippen LogP contribution is 2.31. The average Bonchev–Trinajstić information content (AvgIpc) is 2.59. The zero-order valence-corrected chi connectivity index (χ0v) is 15.0. The highest BCUT2D eigenvalue weighted by Gasteiger charge is 2.16. The zero-order chi connectivity index (χ0) is 18.4. The molecule has 0 aliphatic carbocycles. The van der Waals surface area contributed by atoms with Crippen LogP contribution in [0.3, 0.4) is 0 Å². The van der Waals surface area contributed by atoms with Crippen molar-refractivity contribution in [2.45, 2.75) is 20.3 Å². The second-order valence-corrected chi connectivity index (χ2v) is 6.13. The molecule has 2 aromatic rings. The second kappa shape index (κ2) is 8.33. The van der Waals surface area contributed by atoms with Crippen molar-refractivity contribution in [2.75, 3.05) is 25.0 Å². The maximum atomic E-state index is 12.4. The molecule has 0 unspecified atom stereocenters. The fraction of sp³-hybridized carbons (Fsp3) is 0.300. The lowest BCUT2D eigenvalue weighted by molar-refractivity contribution is 0.0794. The highest BCUT2D eigenvalue weighted by molar-refractivity contribution is 5.96. The van der Waals surface area contributed by atoms with E-state index in [1.807, 2.05) is 31.2 Å². The first kappa shape index (κ1) is 18.5. The van der Waals surface area contributed by atoms with Gasteiger partial charge < -0.3 is 14.9 Å². The Morgan fingerprint density at radius 1 is 1.08 bits per heavy atom. The van der Waals surface area contributed by atoms with E-state index in [0.29, 0.717) is 36.6 Å². The number of benzene rings is 2. The predicted molar refractivity (Wildman–Crippen MR) is 102 cm³/mol. The monoisotopic (exact) mass is 339 g/mol. The molecule has 0 aromatic heterocycles. The molecule has 0 heterocycles. The third kappa shape index (κ3) is 4.59. The minimum absolute atomic E-state index is 0.0162. The highest BCUT2D eigenvalue weighted by atomic mass is 16.3. The fourth-order valence-corrected chi connectivity index (χ4v) is 2.81. The number of hydrogen-bond donors (Lipinski definition) is 2. The molecular weight excluding hydrogens is 314 g/mol. The van der Waals surface area contributed by atoms with Gasteiger partial charge in [0.25, 0.3) is 5.91 Å². The summed E-state index contributed by atoms with van der Waals surface area (Å²) in [5.41, 5.74) is 2.24. The molecule has 5 heteroatoms. The van der Waals surface area contributed by atoms with E-state index in [0.717, 1.165) is 5.56 Å². The number of phenols is 1. The molecule has 2 rings (SSSR count). The zero-order valence-electron chi connectivity index (χ0n) is 15.0. The van der Waals surface area contributed by atoms with Gasteiger partial charge >= 0.3 is 0 Å². The number of aryl methyl sites for hydroxylation is 1. The van der Waals surface area contributed by atoms with Crippen molar-refractivity contribution in [3.63, 3.8) is 0 Å². The molecule has 0 saturated carbocycles. The first-order chi connectivity index (χ1) is 11.9. The molecule has 1 amide bonds. The number of anilines is 1. The molecule has 25 heavy (non-hydrogen) atoms. The Kier molecular flexibility index (Phi) is 6.17. The van der Waals surface area contributed by atoms with E-state index in [9.17, 15) is 9.90 Å². The molecule has 0 fully saturated rings. The van der Waals surface area contributed by atoms with Gasteiger partial charge in [-0.05, 0) is 44.0 Å². The van der Waals surface area contributed by atoms with Crippen molar-refractivity contribution in [1.82, 2.24) is 4.90 Å². The third-order valence-electron chi connectivity index (χ3n) is 4.13. The summed E-state index contributed by atoms with van der Waals surface area (Å²) in [4.78, 5) is 15.8. The summed E-state index contributed by atoms with van der Waals surface area (Å²) in [7, 11) is 1.78. The van der Waals surface area contributed by atoms with Gasteiger partial charge in [-0.1, -0.05) is 30.3 Å². The van der Waals surface area contributed by atoms with Crippen LogP contribution in [0, 0.1) is 12.3 Å². The van der Waals surface area contributed by atoms with Crippen molar-refractivity contribution in [1.29, 1.82) is 5.41 Å². The van der Waals surface area contributed by atoms with Gasteiger partial charge in [0, 0.05) is 25.7 Å². The van der Waals surface area contributed by atoms with Crippen molar-refractivity contribution in [3.05, 3.63) is 59.7 Å². The summed E-state index contributed by atoms with van der Waals surface area (Å²) in [6.07, 6.45) is 0.694. The van der Waals surface area contributed by atoms with Crippen LogP contribution in [-0.2, 0) is 0 Å². The number of nitrogens with one attached hydrogen (secondary N) is 1. The maximum absolute atomic E-state index is 12.4. The van der Waals surface area contributed by atoms with E-state index < -0.39 is 0 Å². The van der Waals surface area contributed by atoms with Crippen LogP contribution < -0.4 is 4.90 Å². The Morgan fingerprint density at radius 2 is 1.76 bits per heavy atom. The number of nitrogens with zero attached hydrogens (tertiary/aromatic N) is 2. The molecule has 0 aliphatic heterocycles. The second-order valence-electron chi connectivity index (χ2n) is 6.13. The maximum Gasteiger partial charge on any atom is 0.253 e. The Balaban J connectivity index is 2.01. The Bertz CT molecular complexity index is 724. The van der Waals surface area contributed by atoms with Gasteiger partial charge in [-0.25, -0.2) is 0 Å². The van der Waals surface area contributed by atoms with E-state index in [-0.39, 0.29) is 11.7 Å².